The molecular weight excluding hydrogens is 432 g/mol. The van der Waals surface area contributed by atoms with Crippen molar-refractivity contribution in [1.82, 2.24) is 19.6 Å². The van der Waals surface area contributed by atoms with Gasteiger partial charge in [0.2, 0.25) is 10.0 Å². The van der Waals surface area contributed by atoms with Crippen molar-refractivity contribution in [2.45, 2.75) is 33.0 Å². The molecule has 1 fully saturated rings. The van der Waals surface area contributed by atoms with Crippen LogP contribution >= 0.6 is 0 Å². The van der Waals surface area contributed by atoms with Crippen molar-refractivity contribution in [3.63, 3.8) is 0 Å². The topological polar surface area (TPSA) is 117 Å². The molecule has 1 aromatic carbocycles. The lowest BCUT2D eigenvalue weighted by Crippen LogP contribution is -2.44. The number of hydrogen-bond donors (Lipinski definition) is 2. The van der Waals surface area contributed by atoms with Gasteiger partial charge < -0.3 is 20.3 Å². The predicted octanol–water partition coefficient (Wildman–Crippen LogP) is 1.79. The first-order valence-electron chi connectivity index (χ1n) is 10.6. The van der Waals surface area contributed by atoms with Crippen LogP contribution in [0, 0.1) is 0 Å². The molecule has 1 atom stereocenters. The minimum atomic E-state index is -3.35. The van der Waals surface area contributed by atoms with Crippen molar-refractivity contribution in [3.05, 3.63) is 35.5 Å². The van der Waals surface area contributed by atoms with E-state index < -0.39 is 10.0 Å². The van der Waals surface area contributed by atoms with Crippen LogP contribution in [-0.4, -0.2) is 67.3 Å². The molecule has 2 amide bonds. The van der Waals surface area contributed by atoms with Crippen LogP contribution in [0.25, 0.3) is 11.4 Å². The standard InChI is InChI=1S/C21H28N6O4S/c1-4-22-21(28)23-16-7-5-15(6-8-16)19-24-18-12-26(32(3,29)30)11-17(18)20(25-19)27-9-10-31-13-14(27)2/h5-8,14H,4,9-13H2,1-3H3,(H2,22,23,28)/t14-/m0/s1. The van der Waals surface area contributed by atoms with Crippen LogP contribution in [-0.2, 0) is 27.8 Å². The van der Waals surface area contributed by atoms with Gasteiger partial charge in [-0.1, -0.05) is 0 Å². The summed E-state index contributed by atoms with van der Waals surface area (Å²) in [6, 6.07) is 7.13. The van der Waals surface area contributed by atoms with Crippen molar-refractivity contribution in [2.24, 2.45) is 0 Å². The number of anilines is 2. The van der Waals surface area contributed by atoms with Crippen molar-refractivity contribution in [1.29, 1.82) is 0 Å². The summed E-state index contributed by atoms with van der Waals surface area (Å²) in [5.74, 6) is 1.29. The monoisotopic (exact) mass is 460 g/mol. The first-order chi connectivity index (χ1) is 15.3. The van der Waals surface area contributed by atoms with Gasteiger partial charge in [0.1, 0.15) is 5.82 Å². The largest absolute Gasteiger partial charge is 0.377 e. The highest BCUT2D eigenvalue weighted by atomic mass is 32.2. The van der Waals surface area contributed by atoms with Gasteiger partial charge >= 0.3 is 6.03 Å². The molecule has 11 heteroatoms. The number of nitrogens with one attached hydrogen (secondary N) is 2. The van der Waals surface area contributed by atoms with E-state index in [0.29, 0.717) is 37.8 Å². The normalized spacial score (nSPS) is 19.0. The van der Waals surface area contributed by atoms with Crippen LogP contribution in [0.15, 0.2) is 24.3 Å². The van der Waals surface area contributed by atoms with Gasteiger partial charge in [-0.05, 0) is 38.1 Å². The van der Waals surface area contributed by atoms with Crippen molar-refractivity contribution < 1.29 is 17.9 Å². The first kappa shape index (κ1) is 22.4. The number of benzene rings is 1. The smallest absolute Gasteiger partial charge is 0.319 e. The fourth-order valence-corrected chi connectivity index (χ4v) is 4.61. The molecule has 32 heavy (non-hydrogen) atoms. The molecule has 2 aliphatic heterocycles. The number of rotatable bonds is 5. The van der Waals surface area contributed by atoms with Gasteiger partial charge in [0.05, 0.1) is 37.8 Å². The third kappa shape index (κ3) is 4.69. The Bertz CT molecular complexity index is 1110. The average Bonchev–Trinajstić information content (AvgIpc) is 3.19. The Morgan fingerprint density at radius 3 is 2.62 bits per heavy atom. The van der Waals surface area contributed by atoms with Gasteiger partial charge in [-0.15, -0.1) is 0 Å². The second-order valence-electron chi connectivity index (χ2n) is 8.01. The summed E-state index contributed by atoms with van der Waals surface area (Å²) in [6.45, 7) is 6.82. The molecule has 1 aromatic heterocycles. The van der Waals surface area contributed by atoms with E-state index in [2.05, 4.69) is 22.5 Å². The number of nitrogens with zero attached hydrogens (tertiary/aromatic N) is 4. The summed E-state index contributed by atoms with van der Waals surface area (Å²) in [6.07, 6.45) is 1.21. The fraction of sp³-hybridized carbons (Fsp3) is 0.476. The van der Waals surface area contributed by atoms with Gasteiger partial charge in [0.25, 0.3) is 0 Å². The van der Waals surface area contributed by atoms with E-state index >= 15 is 0 Å². The fourth-order valence-electron chi connectivity index (χ4n) is 3.89. The second-order valence-corrected chi connectivity index (χ2v) is 9.99. The van der Waals surface area contributed by atoms with Crippen LogP contribution < -0.4 is 15.5 Å². The third-order valence-corrected chi connectivity index (χ3v) is 6.77. The van der Waals surface area contributed by atoms with Gasteiger partial charge in [0.15, 0.2) is 5.82 Å². The molecule has 0 saturated carbocycles. The molecular formula is C21H28N6O4S. The molecule has 0 bridgehead atoms. The average molecular weight is 461 g/mol. The number of morpholine rings is 1. The highest BCUT2D eigenvalue weighted by Crippen LogP contribution is 2.34. The summed E-state index contributed by atoms with van der Waals surface area (Å²) in [5.41, 5.74) is 3.02. The Balaban J connectivity index is 1.69. The summed E-state index contributed by atoms with van der Waals surface area (Å²) in [7, 11) is -3.35. The van der Waals surface area contributed by atoms with Gasteiger partial charge in [-0.3, -0.25) is 0 Å². The van der Waals surface area contributed by atoms with Gasteiger partial charge in [0, 0.05) is 36.4 Å². The summed E-state index contributed by atoms with van der Waals surface area (Å²) in [4.78, 5) is 23.5. The Morgan fingerprint density at radius 2 is 1.97 bits per heavy atom. The maximum absolute atomic E-state index is 12.2. The van der Waals surface area contributed by atoms with Gasteiger partial charge in [-0.2, -0.15) is 4.31 Å². The van der Waals surface area contributed by atoms with Gasteiger partial charge in [-0.25, -0.2) is 23.2 Å². The molecule has 2 aromatic rings. The third-order valence-electron chi connectivity index (χ3n) is 5.58. The number of hydrogen-bond acceptors (Lipinski definition) is 7. The lowest BCUT2D eigenvalue weighted by Gasteiger charge is -2.35. The van der Waals surface area contributed by atoms with E-state index in [1.165, 1.54) is 10.6 Å². The number of fused-ring (bicyclic) bond motifs is 1. The Morgan fingerprint density at radius 1 is 1.22 bits per heavy atom. The molecule has 4 rings (SSSR count). The Hall–Kier alpha value is -2.76. The zero-order valence-electron chi connectivity index (χ0n) is 18.5. The van der Waals surface area contributed by atoms with E-state index in [1.54, 1.807) is 12.1 Å². The van der Waals surface area contributed by atoms with Crippen molar-refractivity contribution >= 4 is 27.6 Å². The predicted molar refractivity (Wildman–Crippen MR) is 122 cm³/mol. The van der Waals surface area contributed by atoms with Crippen LogP contribution in [0.3, 0.4) is 0 Å². The number of aromatic nitrogens is 2. The summed E-state index contributed by atoms with van der Waals surface area (Å²) < 4.78 is 31.4. The van der Waals surface area contributed by atoms with E-state index in [4.69, 9.17) is 14.7 Å². The zero-order valence-corrected chi connectivity index (χ0v) is 19.3. The minimum Gasteiger partial charge on any atom is -0.377 e. The highest BCUT2D eigenvalue weighted by Gasteiger charge is 2.34. The second kappa shape index (κ2) is 9.00. The molecule has 0 radical (unpaired) electrons. The summed E-state index contributed by atoms with van der Waals surface area (Å²) in [5, 5.41) is 5.46. The van der Waals surface area contributed by atoms with Crippen LogP contribution in [0.1, 0.15) is 25.1 Å². The zero-order chi connectivity index (χ0) is 22.9. The number of sulfonamides is 1. The van der Waals surface area contributed by atoms with Crippen LogP contribution in [0.2, 0.25) is 0 Å². The summed E-state index contributed by atoms with van der Waals surface area (Å²) >= 11 is 0. The molecule has 2 N–H and O–H groups in total. The maximum atomic E-state index is 12.2. The van der Waals surface area contributed by atoms with Crippen molar-refractivity contribution in [2.75, 3.05) is 42.8 Å². The Kier molecular flexibility index (Phi) is 6.31. The molecule has 0 spiro atoms. The van der Waals surface area contributed by atoms with Crippen LogP contribution in [0.5, 0.6) is 0 Å². The number of carbonyl (C=O) groups excluding carboxylic acids is 1. The Labute approximate surface area is 188 Å². The van der Waals surface area contributed by atoms with Crippen molar-refractivity contribution in [3.8, 4) is 11.4 Å². The van der Waals surface area contributed by atoms with E-state index in [1.807, 2.05) is 19.1 Å². The number of ether oxygens (including phenoxy) is 1. The molecule has 3 heterocycles. The molecule has 172 valence electrons. The molecule has 0 aliphatic carbocycles. The molecule has 0 unspecified atom stereocenters. The first-order valence-corrected chi connectivity index (χ1v) is 12.5. The maximum Gasteiger partial charge on any atom is 0.319 e. The SMILES string of the molecule is CCNC(=O)Nc1ccc(-c2nc3c(c(N4CCOC[C@@H]4C)n2)CN(S(C)(=O)=O)C3)cc1. The minimum absolute atomic E-state index is 0.117. The number of urea groups is 1. The van der Waals surface area contributed by atoms with E-state index in [-0.39, 0.29) is 25.2 Å². The lowest BCUT2D eigenvalue weighted by molar-refractivity contribution is 0.0984. The van der Waals surface area contributed by atoms with E-state index in [9.17, 15) is 13.2 Å². The lowest BCUT2D eigenvalue weighted by atomic mass is 10.1. The molecule has 1 saturated heterocycles. The quantitative estimate of drug-likeness (QED) is 0.699. The van der Waals surface area contributed by atoms with E-state index in [0.717, 1.165) is 22.6 Å². The molecule has 2 aliphatic rings. The molecule has 10 nitrogen and oxygen atoms in total. The number of carbonyl (C=O) groups is 1. The van der Waals surface area contributed by atoms with Crippen LogP contribution in [0.4, 0.5) is 16.3 Å². The number of amides is 2. The highest BCUT2D eigenvalue weighted by molar-refractivity contribution is 7.88.